The Morgan fingerprint density at radius 1 is 1.24 bits per heavy atom. The van der Waals surface area contributed by atoms with Gasteiger partial charge in [-0.25, -0.2) is 0 Å². The molecule has 1 fully saturated rings. The van der Waals surface area contributed by atoms with E-state index in [0.717, 1.165) is 4.47 Å². The van der Waals surface area contributed by atoms with Gasteiger partial charge < -0.3 is 0 Å². The Labute approximate surface area is 115 Å². The van der Waals surface area contributed by atoms with Crippen molar-refractivity contribution in [2.75, 3.05) is 0 Å². The first-order valence-electron chi connectivity index (χ1n) is 5.90. The molecule has 90 valence electrons. The van der Waals surface area contributed by atoms with Crippen molar-refractivity contribution in [1.29, 1.82) is 0 Å². The predicted molar refractivity (Wildman–Crippen MR) is 72.9 cm³/mol. The van der Waals surface area contributed by atoms with E-state index in [0.29, 0.717) is 11.0 Å². The Morgan fingerprint density at radius 3 is 2.29 bits per heavy atom. The molecule has 0 amide bonds. The third-order valence-corrected chi connectivity index (χ3v) is 5.49. The van der Waals surface area contributed by atoms with E-state index in [2.05, 4.69) is 35.8 Å². The summed E-state index contributed by atoms with van der Waals surface area (Å²) in [7, 11) is 0. The van der Waals surface area contributed by atoms with Crippen molar-refractivity contribution in [2.24, 2.45) is 0 Å². The Bertz CT molecular complexity index is 539. The van der Waals surface area contributed by atoms with Gasteiger partial charge in [0.1, 0.15) is 0 Å². The van der Waals surface area contributed by atoms with Crippen molar-refractivity contribution < 1.29 is 4.79 Å². The quantitative estimate of drug-likeness (QED) is 0.696. The maximum absolute atomic E-state index is 11.4. The second-order valence-electron chi connectivity index (χ2n) is 5.95. The third-order valence-electron chi connectivity index (χ3n) is 4.63. The van der Waals surface area contributed by atoms with Crippen LogP contribution in [0, 0.1) is 0 Å². The summed E-state index contributed by atoms with van der Waals surface area (Å²) in [6.07, 6.45) is 3.66. The molecule has 1 aromatic rings. The van der Waals surface area contributed by atoms with Crippen LogP contribution >= 0.6 is 27.5 Å². The van der Waals surface area contributed by atoms with E-state index in [1.54, 1.807) is 0 Å². The zero-order chi connectivity index (χ0) is 12.4. The van der Waals surface area contributed by atoms with Crippen LogP contribution in [0.5, 0.6) is 0 Å². The number of fused-ring (bicyclic) bond motifs is 5. The van der Waals surface area contributed by atoms with E-state index in [1.165, 1.54) is 30.4 Å². The van der Waals surface area contributed by atoms with Crippen LogP contribution in [-0.2, 0) is 10.8 Å². The summed E-state index contributed by atoms with van der Waals surface area (Å²) in [5, 5.41) is -0.379. The van der Waals surface area contributed by atoms with Gasteiger partial charge in [-0.2, -0.15) is 0 Å². The van der Waals surface area contributed by atoms with Crippen LogP contribution in [0.15, 0.2) is 16.6 Å². The van der Waals surface area contributed by atoms with E-state index in [-0.39, 0.29) is 10.7 Å². The second-order valence-corrected chi connectivity index (χ2v) is 7.15. The SMILES string of the molecule is CC12CCC(C)(C1)c1cc(C(=O)Cl)c(Br)cc12. The molecule has 0 radical (unpaired) electrons. The van der Waals surface area contributed by atoms with Crippen LogP contribution in [0.25, 0.3) is 0 Å². The molecule has 3 rings (SSSR count). The fraction of sp³-hybridized carbons (Fsp3) is 0.500. The number of rotatable bonds is 1. The Hall–Kier alpha value is -0.340. The summed E-state index contributed by atoms with van der Waals surface area (Å²) in [6, 6.07) is 4.11. The molecule has 1 aromatic carbocycles. The summed E-state index contributed by atoms with van der Waals surface area (Å²) >= 11 is 9.08. The molecule has 3 heteroatoms. The minimum absolute atomic E-state index is 0.242. The Balaban J connectivity index is 2.27. The number of hydrogen-bond donors (Lipinski definition) is 0. The first-order chi connectivity index (χ1) is 7.86. The van der Waals surface area contributed by atoms with Gasteiger partial charge in [0.25, 0.3) is 5.24 Å². The molecule has 2 aliphatic rings. The monoisotopic (exact) mass is 312 g/mol. The van der Waals surface area contributed by atoms with Gasteiger partial charge >= 0.3 is 0 Å². The van der Waals surface area contributed by atoms with E-state index in [9.17, 15) is 4.79 Å². The molecule has 0 N–H and O–H groups in total. The summed E-state index contributed by atoms with van der Waals surface area (Å²) in [4.78, 5) is 11.4. The molecule has 1 saturated carbocycles. The zero-order valence-corrected chi connectivity index (χ0v) is 12.3. The fourth-order valence-corrected chi connectivity index (χ4v) is 4.57. The number of hydrogen-bond acceptors (Lipinski definition) is 1. The standard InChI is InChI=1S/C14H14BrClO/c1-13-3-4-14(2,7-13)10-6-11(15)8(12(16)17)5-9(10)13/h5-6H,3-4,7H2,1-2H3. The van der Waals surface area contributed by atoms with Crippen LogP contribution in [0.4, 0.5) is 0 Å². The van der Waals surface area contributed by atoms with Crippen molar-refractivity contribution in [2.45, 2.75) is 43.9 Å². The number of carbonyl (C=O) groups excluding carboxylic acids is 1. The summed E-state index contributed by atoms with van der Waals surface area (Å²) < 4.78 is 0.827. The molecular weight excluding hydrogens is 300 g/mol. The molecule has 17 heavy (non-hydrogen) atoms. The predicted octanol–water partition coefficient (Wildman–Crippen LogP) is 4.54. The van der Waals surface area contributed by atoms with Crippen LogP contribution in [-0.4, -0.2) is 5.24 Å². The zero-order valence-electron chi connectivity index (χ0n) is 9.94. The van der Waals surface area contributed by atoms with E-state index in [4.69, 9.17) is 11.6 Å². The van der Waals surface area contributed by atoms with Gasteiger partial charge in [-0.3, -0.25) is 4.79 Å². The highest BCUT2D eigenvalue weighted by Crippen LogP contribution is 2.60. The van der Waals surface area contributed by atoms with Crippen LogP contribution in [0.2, 0.25) is 0 Å². The van der Waals surface area contributed by atoms with Crippen LogP contribution < -0.4 is 0 Å². The minimum atomic E-state index is -0.379. The molecule has 1 nitrogen and oxygen atoms in total. The van der Waals surface area contributed by atoms with E-state index < -0.39 is 0 Å². The van der Waals surface area contributed by atoms with Crippen LogP contribution in [0.1, 0.15) is 54.6 Å². The van der Waals surface area contributed by atoms with Gasteiger partial charge in [0.15, 0.2) is 0 Å². The number of carbonyl (C=O) groups is 1. The highest BCUT2D eigenvalue weighted by molar-refractivity contribution is 9.10. The molecule has 2 aliphatic carbocycles. The van der Waals surface area contributed by atoms with Crippen molar-refractivity contribution in [1.82, 2.24) is 0 Å². The van der Waals surface area contributed by atoms with Gasteiger partial charge in [0.2, 0.25) is 0 Å². The van der Waals surface area contributed by atoms with Gasteiger partial charge in [-0.05, 0) is 80.9 Å². The minimum Gasteiger partial charge on any atom is -0.276 e. The van der Waals surface area contributed by atoms with Gasteiger partial charge in [0, 0.05) is 10.0 Å². The summed E-state index contributed by atoms with van der Waals surface area (Å²) in [5.41, 5.74) is 3.87. The Morgan fingerprint density at radius 2 is 1.76 bits per heavy atom. The Kier molecular flexibility index (Phi) is 2.32. The third kappa shape index (κ3) is 1.47. The van der Waals surface area contributed by atoms with Crippen molar-refractivity contribution in [3.05, 3.63) is 33.3 Å². The maximum atomic E-state index is 11.4. The molecule has 2 bridgehead atoms. The lowest BCUT2D eigenvalue weighted by Crippen LogP contribution is -2.18. The lowest BCUT2D eigenvalue weighted by molar-refractivity contribution is 0.108. The van der Waals surface area contributed by atoms with Gasteiger partial charge in [-0.1, -0.05) is 13.8 Å². The number of halogens is 2. The normalized spacial score (nSPS) is 33.9. The molecule has 2 unspecified atom stereocenters. The van der Waals surface area contributed by atoms with Gasteiger partial charge in [-0.15, -0.1) is 0 Å². The van der Waals surface area contributed by atoms with E-state index in [1.807, 2.05) is 6.07 Å². The lowest BCUT2D eigenvalue weighted by Gasteiger charge is -2.27. The largest absolute Gasteiger partial charge is 0.276 e. The molecule has 0 saturated heterocycles. The average molecular weight is 314 g/mol. The average Bonchev–Trinajstić information content (AvgIpc) is 2.65. The summed E-state index contributed by atoms with van der Waals surface area (Å²) in [5.74, 6) is 0. The molecule has 0 aromatic heterocycles. The summed E-state index contributed by atoms with van der Waals surface area (Å²) in [6.45, 7) is 4.64. The smallest absolute Gasteiger partial charge is 0.253 e. The van der Waals surface area contributed by atoms with Crippen LogP contribution in [0.3, 0.4) is 0 Å². The molecule has 2 atom stereocenters. The molecular formula is C14H14BrClO. The first kappa shape index (κ1) is 11.7. The van der Waals surface area contributed by atoms with Crippen molar-refractivity contribution in [3.63, 3.8) is 0 Å². The molecule has 0 aliphatic heterocycles. The highest BCUT2D eigenvalue weighted by atomic mass is 79.9. The maximum Gasteiger partial charge on any atom is 0.253 e. The second kappa shape index (κ2) is 3.36. The van der Waals surface area contributed by atoms with Crippen molar-refractivity contribution >= 4 is 32.8 Å². The van der Waals surface area contributed by atoms with Gasteiger partial charge in [0.05, 0.1) is 0 Å². The first-order valence-corrected chi connectivity index (χ1v) is 7.07. The molecule has 0 spiro atoms. The fourth-order valence-electron chi connectivity index (χ4n) is 3.77. The van der Waals surface area contributed by atoms with Crippen molar-refractivity contribution in [3.8, 4) is 0 Å². The van der Waals surface area contributed by atoms with E-state index >= 15 is 0 Å². The topological polar surface area (TPSA) is 17.1 Å². The number of benzene rings is 1. The molecule has 0 heterocycles. The highest BCUT2D eigenvalue weighted by Gasteiger charge is 2.53. The lowest BCUT2D eigenvalue weighted by atomic mass is 9.78.